The van der Waals surface area contributed by atoms with E-state index >= 15 is 0 Å². The lowest BCUT2D eigenvalue weighted by atomic mass is 9.67. The topological polar surface area (TPSA) is 34.5 Å². The van der Waals surface area contributed by atoms with Crippen molar-refractivity contribution in [2.75, 3.05) is 4.90 Å². The van der Waals surface area contributed by atoms with Crippen LogP contribution in [0.2, 0.25) is 0 Å². The lowest BCUT2D eigenvalue weighted by Crippen LogP contribution is -2.28. The lowest BCUT2D eigenvalue weighted by molar-refractivity contribution is 0.668. The molecule has 0 radical (unpaired) electrons. The Bertz CT molecular complexity index is 4010. The number of hydrogen-bond donors (Lipinski definition) is 0. The summed E-state index contributed by atoms with van der Waals surface area (Å²) in [6.07, 6.45) is 0. The van der Waals surface area contributed by atoms with E-state index < -0.39 is 5.41 Å². The van der Waals surface area contributed by atoms with Gasteiger partial charge in [-0.1, -0.05) is 163 Å². The smallest absolute Gasteiger partial charge is 0.160 e. The third-order valence-corrected chi connectivity index (χ3v) is 14.1. The summed E-state index contributed by atoms with van der Waals surface area (Å²) in [5.74, 6) is 0. The fraction of sp³-hybridized carbons (Fsp3) is 0.0323. The van der Waals surface area contributed by atoms with Crippen LogP contribution in [0, 0.1) is 6.92 Å². The lowest BCUT2D eigenvalue weighted by Gasteiger charge is -2.35. The molecule has 0 aliphatic heterocycles. The Hall–Kier alpha value is -8.60. The maximum atomic E-state index is 7.34. The second-order valence-corrected chi connectivity index (χ2v) is 17.6. The zero-order valence-corrected chi connectivity index (χ0v) is 36.1. The minimum absolute atomic E-state index is 0.727. The SMILES string of the molecule is Cc1ccc(N(c2cc3c(c4c2oc2ccccc24)-c2c(ccc4oc5ccccc5c24)C3(c2ccccc2)c2ccccc2)c2cccc3c2c2ccccc2n3-c2ccccc2)cc1. The van der Waals surface area contributed by atoms with Crippen molar-refractivity contribution in [2.24, 2.45) is 0 Å². The van der Waals surface area contributed by atoms with Crippen molar-refractivity contribution in [3.05, 3.63) is 252 Å². The Labute approximate surface area is 380 Å². The first-order valence-corrected chi connectivity index (χ1v) is 22.7. The Morgan fingerprint density at radius 3 is 1.70 bits per heavy atom. The average Bonchev–Trinajstić information content (AvgIpc) is 4.13. The first-order valence-electron chi connectivity index (χ1n) is 22.7. The number of furan rings is 2. The summed E-state index contributed by atoms with van der Waals surface area (Å²) in [6.45, 7) is 2.15. The second kappa shape index (κ2) is 13.9. The highest BCUT2D eigenvalue weighted by molar-refractivity contribution is 6.26. The average molecular weight is 845 g/mol. The first kappa shape index (κ1) is 36.8. The molecular weight excluding hydrogens is 805 g/mol. The van der Waals surface area contributed by atoms with Crippen molar-refractivity contribution in [3.8, 4) is 16.8 Å². The molecule has 0 bridgehead atoms. The summed E-state index contributed by atoms with van der Waals surface area (Å²) in [7, 11) is 0. The highest BCUT2D eigenvalue weighted by atomic mass is 16.3. The van der Waals surface area contributed by atoms with Crippen molar-refractivity contribution in [1.29, 1.82) is 0 Å². The predicted molar refractivity (Wildman–Crippen MR) is 272 cm³/mol. The van der Waals surface area contributed by atoms with E-state index in [4.69, 9.17) is 8.83 Å². The van der Waals surface area contributed by atoms with Gasteiger partial charge < -0.3 is 18.3 Å². The van der Waals surface area contributed by atoms with E-state index in [9.17, 15) is 0 Å². The molecule has 3 heterocycles. The van der Waals surface area contributed by atoms with Crippen molar-refractivity contribution in [3.63, 3.8) is 0 Å². The van der Waals surface area contributed by atoms with E-state index in [0.29, 0.717) is 0 Å². The number of benzene rings is 10. The molecule has 0 saturated carbocycles. The Kier molecular flexibility index (Phi) is 7.79. The molecule has 0 fully saturated rings. The van der Waals surface area contributed by atoms with Crippen molar-refractivity contribution >= 4 is 82.7 Å². The van der Waals surface area contributed by atoms with Gasteiger partial charge >= 0.3 is 0 Å². The number of aromatic nitrogens is 1. The fourth-order valence-corrected chi connectivity index (χ4v) is 11.4. The number of anilines is 3. The van der Waals surface area contributed by atoms with Crippen LogP contribution in [0.1, 0.15) is 27.8 Å². The Morgan fingerprint density at radius 2 is 0.985 bits per heavy atom. The van der Waals surface area contributed by atoms with Gasteiger partial charge in [-0.15, -0.1) is 0 Å². The van der Waals surface area contributed by atoms with Gasteiger partial charge in [-0.2, -0.15) is 0 Å². The van der Waals surface area contributed by atoms with E-state index in [1.165, 1.54) is 44.3 Å². The van der Waals surface area contributed by atoms with Crippen LogP contribution in [0.3, 0.4) is 0 Å². The van der Waals surface area contributed by atoms with Gasteiger partial charge in [-0.05, 0) is 107 Å². The largest absolute Gasteiger partial charge is 0.456 e. The molecule has 0 spiro atoms. The van der Waals surface area contributed by atoms with Gasteiger partial charge in [0, 0.05) is 43.7 Å². The van der Waals surface area contributed by atoms with Crippen LogP contribution < -0.4 is 4.90 Å². The molecule has 4 nitrogen and oxygen atoms in total. The first-order chi connectivity index (χ1) is 32.7. The molecule has 10 aromatic carbocycles. The van der Waals surface area contributed by atoms with Crippen LogP contribution in [-0.2, 0) is 5.41 Å². The molecule has 310 valence electrons. The molecule has 1 aliphatic rings. The van der Waals surface area contributed by atoms with Gasteiger partial charge in [0.25, 0.3) is 0 Å². The quantitative estimate of drug-likeness (QED) is 0.167. The highest BCUT2D eigenvalue weighted by Crippen LogP contribution is 2.63. The van der Waals surface area contributed by atoms with E-state index in [2.05, 4.69) is 241 Å². The van der Waals surface area contributed by atoms with Gasteiger partial charge in [-0.3, -0.25) is 0 Å². The zero-order valence-electron chi connectivity index (χ0n) is 36.1. The van der Waals surface area contributed by atoms with E-state index in [1.54, 1.807) is 0 Å². The molecule has 3 aromatic heterocycles. The molecule has 1 aliphatic carbocycles. The van der Waals surface area contributed by atoms with E-state index in [0.717, 1.165) is 83.0 Å². The summed E-state index contributed by atoms with van der Waals surface area (Å²) in [6, 6.07) is 81.3. The summed E-state index contributed by atoms with van der Waals surface area (Å²) < 4.78 is 16.4. The molecule has 0 N–H and O–H groups in total. The molecule has 13 aromatic rings. The molecule has 0 saturated heterocycles. The van der Waals surface area contributed by atoms with Crippen molar-refractivity contribution < 1.29 is 8.83 Å². The number of aryl methyl sites for hydroxylation is 1. The zero-order chi connectivity index (χ0) is 43.5. The number of hydrogen-bond acceptors (Lipinski definition) is 3. The summed E-state index contributed by atoms with van der Waals surface area (Å²) in [5.41, 5.74) is 17.5. The van der Waals surface area contributed by atoms with Gasteiger partial charge in [0.05, 0.1) is 27.8 Å². The normalized spacial score (nSPS) is 13.0. The number of fused-ring (bicyclic) bond motifs is 14. The summed E-state index contributed by atoms with van der Waals surface area (Å²) >= 11 is 0. The Balaban J connectivity index is 1.20. The number of para-hydroxylation sites is 4. The number of nitrogens with zero attached hydrogens (tertiary/aromatic N) is 2. The Morgan fingerprint density at radius 1 is 0.409 bits per heavy atom. The van der Waals surface area contributed by atoms with Gasteiger partial charge in [0.1, 0.15) is 16.7 Å². The summed E-state index contributed by atoms with van der Waals surface area (Å²) in [5, 5.41) is 6.71. The van der Waals surface area contributed by atoms with Crippen LogP contribution in [0.25, 0.3) is 82.5 Å². The number of rotatable bonds is 6. The van der Waals surface area contributed by atoms with Crippen LogP contribution in [-0.4, -0.2) is 4.57 Å². The summed E-state index contributed by atoms with van der Waals surface area (Å²) in [4.78, 5) is 2.46. The van der Waals surface area contributed by atoms with Crippen LogP contribution in [0.15, 0.2) is 233 Å². The van der Waals surface area contributed by atoms with Gasteiger partial charge in [-0.25, -0.2) is 0 Å². The standard InChI is InChI=1S/C62H40N2O2/c1-39-32-34-43(35-33-39)64(51-29-17-28-50-56(51)44-24-11-14-27-49(44)63(50)42-22-9-4-10-23-42)52-38-48-60(58-46-26-13-16-31-54(46)66-61(52)58)59-47(36-37-55-57(59)45-25-12-15-30-53(45)65-55)62(48,40-18-5-2-6-19-40)41-20-7-3-8-21-41/h2-38H,1H3. The molecule has 0 unspecified atom stereocenters. The highest BCUT2D eigenvalue weighted by Gasteiger charge is 2.49. The van der Waals surface area contributed by atoms with Crippen molar-refractivity contribution in [2.45, 2.75) is 12.3 Å². The minimum atomic E-state index is -0.727. The van der Waals surface area contributed by atoms with Gasteiger partial charge in [0.15, 0.2) is 5.58 Å². The third kappa shape index (κ3) is 4.98. The second-order valence-electron chi connectivity index (χ2n) is 17.6. The maximum absolute atomic E-state index is 7.34. The van der Waals surface area contributed by atoms with E-state index in [-0.39, 0.29) is 0 Å². The monoisotopic (exact) mass is 844 g/mol. The van der Waals surface area contributed by atoms with Crippen LogP contribution in [0.5, 0.6) is 0 Å². The minimum Gasteiger partial charge on any atom is -0.456 e. The molecule has 0 amide bonds. The van der Waals surface area contributed by atoms with Crippen LogP contribution >= 0.6 is 0 Å². The third-order valence-electron chi connectivity index (χ3n) is 14.1. The molecule has 14 rings (SSSR count). The van der Waals surface area contributed by atoms with Crippen LogP contribution in [0.4, 0.5) is 17.1 Å². The van der Waals surface area contributed by atoms with Gasteiger partial charge in [0.2, 0.25) is 0 Å². The molecule has 66 heavy (non-hydrogen) atoms. The predicted octanol–water partition coefficient (Wildman–Crippen LogP) is 16.7. The molecule has 0 atom stereocenters. The fourth-order valence-electron chi connectivity index (χ4n) is 11.4. The van der Waals surface area contributed by atoms with E-state index in [1.807, 2.05) is 0 Å². The molecule has 4 heteroatoms. The van der Waals surface area contributed by atoms with Crippen molar-refractivity contribution in [1.82, 2.24) is 4.57 Å². The maximum Gasteiger partial charge on any atom is 0.160 e. The molecular formula is C62H40N2O2.